The smallest absolute Gasteiger partial charge is 0.208 e. The normalized spacial score (nSPS) is 10.7. The monoisotopic (exact) mass is 358 g/mol. The number of hydrogen-bond acceptors (Lipinski definition) is 6. The number of nitrogens with zero attached hydrogens (tertiary/aromatic N) is 5. The molecule has 0 bridgehead atoms. The molecule has 4 rings (SSSR count). The first-order valence-corrected chi connectivity index (χ1v) is 8.52. The fraction of sp³-hybridized carbons (Fsp3) is 0.100. The van der Waals surface area contributed by atoms with Gasteiger partial charge in [0.05, 0.1) is 12.1 Å². The lowest BCUT2D eigenvalue weighted by Gasteiger charge is -2.07. The van der Waals surface area contributed by atoms with Crippen LogP contribution in [0.4, 0.5) is 5.82 Å². The van der Waals surface area contributed by atoms with Crippen molar-refractivity contribution in [2.75, 3.05) is 5.73 Å². The third-order valence-electron chi connectivity index (χ3n) is 4.03. The molecule has 0 spiro atoms. The Morgan fingerprint density at radius 3 is 2.48 bits per heavy atom. The summed E-state index contributed by atoms with van der Waals surface area (Å²) in [6.07, 6.45) is 1.63. The highest BCUT2D eigenvalue weighted by Gasteiger charge is 2.10. The molecule has 0 aliphatic heterocycles. The average Bonchev–Trinajstić information content (AvgIpc) is 3.17. The molecule has 2 N–H and O–H groups in total. The Bertz CT molecular complexity index is 1010. The molecule has 0 unspecified atom stereocenters. The van der Waals surface area contributed by atoms with Crippen molar-refractivity contribution in [1.82, 2.24) is 25.2 Å². The van der Waals surface area contributed by atoms with Crippen molar-refractivity contribution < 1.29 is 4.74 Å². The zero-order valence-electron chi connectivity index (χ0n) is 14.6. The molecule has 2 aromatic carbocycles. The highest BCUT2D eigenvalue weighted by Crippen LogP contribution is 2.19. The van der Waals surface area contributed by atoms with Gasteiger partial charge in [-0.3, -0.25) is 0 Å². The standard InChI is InChI=1S/C20H18N6O/c21-19-18(7-4-12-22-19)20-23-25-26(24-20)13-15-8-10-17(11-9-15)27-14-16-5-2-1-3-6-16/h1-12H,13-14H2,(H2,21,22). The van der Waals surface area contributed by atoms with Crippen LogP contribution in [0.5, 0.6) is 5.75 Å². The topological polar surface area (TPSA) is 91.7 Å². The zero-order valence-corrected chi connectivity index (χ0v) is 14.6. The van der Waals surface area contributed by atoms with Crippen LogP contribution in [-0.2, 0) is 13.2 Å². The molecule has 0 radical (unpaired) electrons. The Morgan fingerprint density at radius 1 is 0.889 bits per heavy atom. The van der Waals surface area contributed by atoms with Crippen molar-refractivity contribution in [3.63, 3.8) is 0 Å². The first-order valence-electron chi connectivity index (χ1n) is 8.52. The lowest BCUT2D eigenvalue weighted by atomic mass is 10.2. The number of nitrogen functional groups attached to an aromatic ring is 1. The molecule has 0 fully saturated rings. The van der Waals surface area contributed by atoms with Gasteiger partial charge in [-0.1, -0.05) is 42.5 Å². The second-order valence-corrected chi connectivity index (χ2v) is 6.00. The molecule has 0 amide bonds. The molecular formula is C20H18N6O. The molecule has 0 atom stereocenters. The lowest BCUT2D eigenvalue weighted by Crippen LogP contribution is -2.04. The minimum atomic E-state index is 0.386. The Labute approximate surface area is 156 Å². The summed E-state index contributed by atoms with van der Waals surface area (Å²) in [5.74, 6) is 1.67. The Kier molecular flexibility index (Phi) is 4.74. The molecule has 2 heterocycles. The van der Waals surface area contributed by atoms with Gasteiger partial charge < -0.3 is 10.5 Å². The molecule has 27 heavy (non-hydrogen) atoms. The van der Waals surface area contributed by atoms with Crippen molar-refractivity contribution in [3.8, 4) is 17.1 Å². The fourth-order valence-corrected chi connectivity index (χ4v) is 2.62. The van der Waals surface area contributed by atoms with Crippen LogP contribution in [0.1, 0.15) is 11.1 Å². The van der Waals surface area contributed by atoms with Crippen LogP contribution < -0.4 is 10.5 Å². The largest absolute Gasteiger partial charge is 0.489 e. The second-order valence-electron chi connectivity index (χ2n) is 6.00. The maximum absolute atomic E-state index is 5.86. The number of nitrogens with two attached hydrogens (primary N) is 1. The van der Waals surface area contributed by atoms with E-state index >= 15 is 0 Å². The number of ether oxygens (including phenoxy) is 1. The van der Waals surface area contributed by atoms with E-state index in [2.05, 4.69) is 20.4 Å². The average molecular weight is 358 g/mol. The van der Waals surface area contributed by atoms with Crippen molar-refractivity contribution in [2.24, 2.45) is 0 Å². The molecular weight excluding hydrogens is 340 g/mol. The van der Waals surface area contributed by atoms with E-state index in [0.29, 0.717) is 30.4 Å². The maximum Gasteiger partial charge on any atom is 0.208 e. The van der Waals surface area contributed by atoms with Gasteiger partial charge >= 0.3 is 0 Å². The van der Waals surface area contributed by atoms with E-state index in [1.54, 1.807) is 12.3 Å². The highest BCUT2D eigenvalue weighted by atomic mass is 16.5. The summed E-state index contributed by atoms with van der Waals surface area (Å²) < 4.78 is 5.80. The first-order chi connectivity index (χ1) is 13.3. The second kappa shape index (κ2) is 7.65. The van der Waals surface area contributed by atoms with Gasteiger partial charge in [-0.05, 0) is 40.6 Å². The van der Waals surface area contributed by atoms with Crippen molar-refractivity contribution >= 4 is 5.82 Å². The Morgan fingerprint density at radius 2 is 1.70 bits per heavy atom. The molecule has 7 heteroatoms. The van der Waals surface area contributed by atoms with Crippen LogP contribution in [0.3, 0.4) is 0 Å². The molecule has 4 aromatic rings. The minimum Gasteiger partial charge on any atom is -0.489 e. The van der Waals surface area contributed by atoms with E-state index in [9.17, 15) is 0 Å². The number of aromatic nitrogens is 5. The Balaban J connectivity index is 1.39. The van der Waals surface area contributed by atoms with E-state index in [-0.39, 0.29) is 0 Å². The van der Waals surface area contributed by atoms with Gasteiger partial charge in [0.1, 0.15) is 18.2 Å². The summed E-state index contributed by atoms with van der Waals surface area (Å²) in [7, 11) is 0. The van der Waals surface area contributed by atoms with E-state index in [4.69, 9.17) is 10.5 Å². The summed E-state index contributed by atoms with van der Waals surface area (Å²) >= 11 is 0. The third kappa shape index (κ3) is 4.09. The summed E-state index contributed by atoms with van der Waals surface area (Å²) in [6.45, 7) is 1.05. The van der Waals surface area contributed by atoms with E-state index in [0.717, 1.165) is 16.9 Å². The van der Waals surface area contributed by atoms with Crippen LogP contribution in [0.15, 0.2) is 72.9 Å². The number of tetrazole rings is 1. The van der Waals surface area contributed by atoms with Gasteiger partial charge in [-0.25, -0.2) is 4.98 Å². The highest BCUT2D eigenvalue weighted by molar-refractivity contribution is 5.66. The summed E-state index contributed by atoms with van der Waals surface area (Å²) in [5, 5.41) is 12.5. The minimum absolute atomic E-state index is 0.386. The van der Waals surface area contributed by atoms with Gasteiger partial charge in [0, 0.05) is 6.20 Å². The number of pyridine rings is 1. The van der Waals surface area contributed by atoms with Crippen molar-refractivity contribution in [1.29, 1.82) is 0 Å². The molecule has 7 nitrogen and oxygen atoms in total. The van der Waals surface area contributed by atoms with Crippen LogP contribution in [0, 0.1) is 0 Å². The van der Waals surface area contributed by atoms with Gasteiger partial charge in [0.25, 0.3) is 0 Å². The zero-order chi connectivity index (χ0) is 18.5. The quantitative estimate of drug-likeness (QED) is 0.570. The number of anilines is 1. The van der Waals surface area contributed by atoms with Crippen LogP contribution in [0.25, 0.3) is 11.4 Å². The molecule has 0 saturated carbocycles. The molecule has 134 valence electrons. The van der Waals surface area contributed by atoms with Crippen LogP contribution in [0.2, 0.25) is 0 Å². The predicted molar refractivity (Wildman–Crippen MR) is 102 cm³/mol. The van der Waals surface area contributed by atoms with Crippen LogP contribution in [-0.4, -0.2) is 25.2 Å². The van der Waals surface area contributed by atoms with E-state index < -0.39 is 0 Å². The molecule has 0 aliphatic carbocycles. The van der Waals surface area contributed by atoms with Gasteiger partial charge in [0.2, 0.25) is 5.82 Å². The van der Waals surface area contributed by atoms with Gasteiger partial charge in [-0.15, -0.1) is 10.2 Å². The maximum atomic E-state index is 5.86. The fourth-order valence-electron chi connectivity index (χ4n) is 2.62. The summed E-state index contributed by atoms with van der Waals surface area (Å²) in [4.78, 5) is 5.57. The van der Waals surface area contributed by atoms with E-state index in [1.165, 1.54) is 4.80 Å². The number of hydrogen-bond donors (Lipinski definition) is 1. The molecule has 0 aliphatic rings. The molecule has 0 saturated heterocycles. The van der Waals surface area contributed by atoms with Crippen molar-refractivity contribution in [3.05, 3.63) is 84.1 Å². The SMILES string of the molecule is Nc1ncccc1-c1nnn(Cc2ccc(OCc3ccccc3)cc2)n1. The summed E-state index contributed by atoms with van der Waals surface area (Å²) in [5.41, 5.74) is 8.72. The van der Waals surface area contributed by atoms with E-state index in [1.807, 2.05) is 60.7 Å². The lowest BCUT2D eigenvalue weighted by molar-refractivity contribution is 0.306. The van der Waals surface area contributed by atoms with Crippen LogP contribution >= 0.6 is 0 Å². The van der Waals surface area contributed by atoms with Crippen molar-refractivity contribution in [2.45, 2.75) is 13.2 Å². The third-order valence-corrected chi connectivity index (χ3v) is 4.03. The first kappa shape index (κ1) is 16.7. The van der Waals surface area contributed by atoms with Gasteiger partial charge in [0.15, 0.2) is 0 Å². The number of rotatable bonds is 6. The Hall–Kier alpha value is -3.74. The number of benzene rings is 2. The predicted octanol–water partition coefficient (Wildman–Crippen LogP) is 2.94. The molecule has 2 aromatic heterocycles. The van der Waals surface area contributed by atoms with Gasteiger partial charge in [-0.2, -0.15) is 4.80 Å². The summed E-state index contributed by atoms with van der Waals surface area (Å²) in [6, 6.07) is 21.5.